The summed E-state index contributed by atoms with van der Waals surface area (Å²) in [7, 11) is 1.79. The molecule has 13 heavy (non-hydrogen) atoms. The van der Waals surface area contributed by atoms with Crippen LogP contribution in [-0.4, -0.2) is 43.8 Å². The molecule has 0 spiro atoms. The highest BCUT2D eigenvalue weighted by Gasteiger charge is 2.34. The number of cyclic esters (lactones) is 1. The van der Waals surface area contributed by atoms with Crippen LogP contribution in [0.15, 0.2) is 0 Å². The van der Waals surface area contributed by atoms with Gasteiger partial charge < -0.3 is 15.0 Å². The average molecular weight is 184 g/mol. The Morgan fingerprint density at radius 1 is 1.62 bits per heavy atom. The van der Waals surface area contributed by atoms with Crippen molar-refractivity contribution < 1.29 is 9.53 Å². The fraction of sp³-hybridized carbons (Fsp3) is 0.889. The van der Waals surface area contributed by atoms with Crippen molar-refractivity contribution in [2.24, 2.45) is 5.92 Å². The zero-order chi connectivity index (χ0) is 9.26. The highest BCUT2D eigenvalue weighted by atomic mass is 16.6. The molecule has 1 N–H and O–H groups in total. The molecule has 0 radical (unpaired) electrons. The molecule has 2 aliphatic heterocycles. The standard InChI is InChI=1S/C9H16N2O2/c1-11-6-8(13-9(11)12)7-3-2-4-10-5-7/h7-8,10H,2-6H2,1H3. The summed E-state index contributed by atoms with van der Waals surface area (Å²) in [6, 6.07) is 0. The third kappa shape index (κ3) is 1.77. The van der Waals surface area contributed by atoms with Crippen molar-refractivity contribution in [3.8, 4) is 0 Å². The van der Waals surface area contributed by atoms with E-state index in [1.807, 2.05) is 0 Å². The van der Waals surface area contributed by atoms with Gasteiger partial charge in [-0.15, -0.1) is 0 Å². The van der Waals surface area contributed by atoms with Crippen molar-refractivity contribution in [1.29, 1.82) is 0 Å². The summed E-state index contributed by atoms with van der Waals surface area (Å²) >= 11 is 0. The van der Waals surface area contributed by atoms with Gasteiger partial charge in [0.05, 0.1) is 6.54 Å². The van der Waals surface area contributed by atoms with Gasteiger partial charge >= 0.3 is 6.09 Å². The van der Waals surface area contributed by atoms with Gasteiger partial charge in [0, 0.05) is 19.5 Å². The fourth-order valence-corrected chi connectivity index (χ4v) is 2.04. The van der Waals surface area contributed by atoms with Crippen LogP contribution >= 0.6 is 0 Å². The first-order chi connectivity index (χ1) is 6.27. The highest BCUT2D eigenvalue weighted by molar-refractivity contribution is 5.69. The summed E-state index contributed by atoms with van der Waals surface area (Å²) in [5.41, 5.74) is 0. The summed E-state index contributed by atoms with van der Waals surface area (Å²) in [6.07, 6.45) is 2.32. The maximum Gasteiger partial charge on any atom is 0.409 e. The van der Waals surface area contributed by atoms with E-state index in [4.69, 9.17) is 4.74 Å². The lowest BCUT2D eigenvalue weighted by Gasteiger charge is -2.26. The Balaban J connectivity index is 1.90. The molecular formula is C9H16N2O2. The molecule has 4 nitrogen and oxygen atoms in total. The topological polar surface area (TPSA) is 41.6 Å². The first-order valence-electron chi connectivity index (χ1n) is 4.90. The second-order valence-electron chi connectivity index (χ2n) is 3.91. The van der Waals surface area contributed by atoms with E-state index in [0.29, 0.717) is 5.92 Å². The van der Waals surface area contributed by atoms with Gasteiger partial charge in [0.25, 0.3) is 0 Å². The molecule has 2 atom stereocenters. The van der Waals surface area contributed by atoms with Crippen LogP contribution in [0.2, 0.25) is 0 Å². The molecule has 74 valence electrons. The summed E-state index contributed by atoms with van der Waals surface area (Å²) in [6.45, 7) is 2.85. The maximum absolute atomic E-state index is 11.1. The van der Waals surface area contributed by atoms with Crippen LogP contribution in [0.25, 0.3) is 0 Å². The molecule has 0 bridgehead atoms. The number of nitrogens with one attached hydrogen (secondary N) is 1. The molecular weight excluding hydrogens is 168 g/mol. The maximum atomic E-state index is 11.1. The summed E-state index contributed by atoms with van der Waals surface area (Å²) in [5, 5.41) is 3.33. The van der Waals surface area contributed by atoms with E-state index in [-0.39, 0.29) is 12.2 Å². The Bertz CT molecular complexity index is 202. The van der Waals surface area contributed by atoms with Gasteiger partial charge in [-0.2, -0.15) is 0 Å². The van der Waals surface area contributed by atoms with Crippen LogP contribution in [0, 0.1) is 5.92 Å². The van der Waals surface area contributed by atoms with E-state index in [1.54, 1.807) is 11.9 Å². The SMILES string of the molecule is CN1CC(C2CCCNC2)OC1=O. The van der Waals surface area contributed by atoms with Crippen LogP contribution in [0.4, 0.5) is 4.79 Å². The summed E-state index contributed by atoms with van der Waals surface area (Å²) in [5.74, 6) is 0.516. The molecule has 2 unspecified atom stereocenters. The molecule has 0 aliphatic carbocycles. The third-order valence-corrected chi connectivity index (χ3v) is 2.88. The van der Waals surface area contributed by atoms with E-state index >= 15 is 0 Å². The minimum absolute atomic E-state index is 0.116. The quantitative estimate of drug-likeness (QED) is 0.643. The second-order valence-corrected chi connectivity index (χ2v) is 3.91. The zero-order valence-corrected chi connectivity index (χ0v) is 7.95. The molecule has 2 aliphatic rings. The number of amides is 1. The normalized spacial score (nSPS) is 34.8. The fourth-order valence-electron chi connectivity index (χ4n) is 2.04. The van der Waals surface area contributed by atoms with Gasteiger partial charge in [0.15, 0.2) is 0 Å². The Kier molecular flexibility index (Phi) is 2.40. The van der Waals surface area contributed by atoms with Crippen molar-refractivity contribution in [3.05, 3.63) is 0 Å². The number of piperidine rings is 1. The third-order valence-electron chi connectivity index (χ3n) is 2.88. The van der Waals surface area contributed by atoms with Gasteiger partial charge in [-0.25, -0.2) is 4.79 Å². The number of ether oxygens (including phenoxy) is 1. The molecule has 2 heterocycles. The van der Waals surface area contributed by atoms with Crippen molar-refractivity contribution in [2.45, 2.75) is 18.9 Å². The number of hydrogen-bond acceptors (Lipinski definition) is 3. The smallest absolute Gasteiger partial charge is 0.409 e. The predicted octanol–water partition coefficient (Wildman–Crippen LogP) is 0.437. The Hall–Kier alpha value is -0.770. The van der Waals surface area contributed by atoms with Crippen LogP contribution in [-0.2, 0) is 4.74 Å². The number of hydrogen-bond donors (Lipinski definition) is 1. The van der Waals surface area contributed by atoms with Crippen LogP contribution in [0.5, 0.6) is 0 Å². The predicted molar refractivity (Wildman–Crippen MR) is 48.5 cm³/mol. The molecule has 0 saturated carbocycles. The van der Waals surface area contributed by atoms with Gasteiger partial charge in [-0.05, 0) is 19.4 Å². The summed E-state index contributed by atoms with van der Waals surface area (Å²) < 4.78 is 5.26. The van der Waals surface area contributed by atoms with E-state index < -0.39 is 0 Å². The van der Waals surface area contributed by atoms with Crippen LogP contribution in [0.3, 0.4) is 0 Å². The Morgan fingerprint density at radius 2 is 2.46 bits per heavy atom. The van der Waals surface area contributed by atoms with E-state index in [2.05, 4.69) is 5.32 Å². The Morgan fingerprint density at radius 3 is 3.00 bits per heavy atom. The van der Waals surface area contributed by atoms with Gasteiger partial charge in [0.2, 0.25) is 0 Å². The zero-order valence-electron chi connectivity index (χ0n) is 7.95. The van der Waals surface area contributed by atoms with Crippen LogP contribution in [0.1, 0.15) is 12.8 Å². The molecule has 0 aromatic heterocycles. The lowest BCUT2D eigenvalue weighted by molar-refractivity contribution is 0.0930. The first-order valence-corrected chi connectivity index (χ1v) is 4.90. The van der Waals surface area contributed by atoms with Crippen LogP contribution < -0.4 is 5.32 Å². The van der Waals surface area contributed by atoms with E-state index in [9.17, 15) is 4.79 Å². The molecule has 1 amide bonds. The highest BCUT2D eigenvalue weighted by Crippen LogP contribution is 2.22. The molecule has 0 aromatic carbocycles. The van der Waals surface area contributed by atoms with Gasteiger partial charge in [0.1, 0.15) is 6.10 Å². The summed E-state index contributed by atoms with van der Waals surface area (Å²) in [4.78, 5) is 12.8. The minimum atomic E-state index is -0.171. The molecule has 2 saturated heterocycles. The number of nitrogens with zero attached hydrogens (tertiary/aromatic N) is 1. The lowest BCUT2D eigenvalue weighted by atomic mass is 9.94. The van der Waals surface area contributed by atoms with Gasteiger partial charge in [-0.1, -0.05) is 0 Å². The Labute approximate surface area is 78.2 Å². The number of carbonyl (C=O) groups is 1. The average Bonchev–Trinajstić information content (AvgIpc) is 2.49. The molecule has 0 aromatic rings. The second kappa shape index (κ2) is 3.54. The lowest BCUT2D eigenvalue weighted by Crippen LogP contribution is -2.38. The molecule has 2 rings (SSSR count). The number of rotatable bonds is 1. The first kappa shape index (κ1) is 8.81. The van der Waals surface area contributed by atoms with Crippen molar-refractivity contribution in [1.82, 2.24) is 10.2 Å². The van der Waals surface area contributed by atoms with Crippen molar-refractivity contribution >= 4 is 6.09 Å². The van der Waals surface area contributed by atoms with Gasteiger partial charge in [-0.3, -0.25) is 0 Å². The monoisotopic (exact) mass is 184 g/mol. The van der Waals surface area contributed by atoms with E-state index in [1.165, 1.54) is 12.8 Å². The minimum Gasteiger partial charge on any atom is -0.444 e. The molecule has 4 heteroatoms. The largest absolute Gasteiger partial charge is 0.444 e. The number of likely N-dealkylation sites (N-methyl/N-ethyl adjacent to an activating group) is 1. The molecule has 2 fully saturated rings. The van der Waals surface area contributed by atoms with Crippen molar-refractivity contribution in [3.63, 3.8) is 0 Å². The van der Waals surface area contributed by atoms with Crippen molar-refractivity contribution in [2.75, 3.05) is 26.7 Å². The van der Waals surface area contributed by atoms with E-state index in [0.717, 1.165) is 19.6 Å². The number of carbonyl (C=O) groups excluding carboxylic acids is 1.